The van der Waals surface area contributed by atoms with Gasteiger partial charge in [0.15, 0.2) is 0 Å². The number of carboxylic acids is 1. The average molecular weight is 308 g/mol. The fourth-order valence-corrected chi connectivity index (χ4v) is 2.44. The van der Waals surface area contributed by atoms with E-state index in [1.807, 2.05) is 0 Å². The van der Waals surface area contributed by atoms with Gasteiger partial charge in [-0.05, 0) is 37.1 Å². The molecule has 1 aliphatic rings. The SMILES string of the molecule is O=C(CCC(=O)N1CCCC1C(=O)O)Nc1ccc(F)cc1. The van der Waals surface area contributed by atoms with E-state index in [2.05, 4.69) is 5.32 Å². The van der Waals surface area contributed by atoms with Crippen molar-refractivity contribution in [3.63, 3.8) is 0 Å². The van der Waals surface area contributed by atoms with Gasteiger partial charge in [0.05, 0.1) is 0 Å². The number of benzene rings is 1. The Kier molecular flexibility index (Phi) is 5.08. The van der Waals surface area contributed by atoms with E-state index in [0.717, 1.165) is 0 Å². The number of aliphatic carboxylic acids is 1. The van der Waals surface area contributed by atoms with Gasteiger partial charge in [-0.2, -0.15) is 0 Å². The predicted octanol–water partition coefficient (Wildman–Crippen LogP) is 1.62. The van der Waals surface area contributed by atoms with Crippen molar-refractivity contribution in [2.45, 2.75) is 31.7 Å². The fourth-order valence-electron chi connectivity index (χ4n) is 2.44. The molecule has 2 amide bonds. The highest BCUT2D eigenvalue weighted by Crippen LogP contribution is 2.19. The van der Waals surface area contributed by atoms with Gasteiger partial charge in [0, 0.05) is 25.1 Å². The van der Waals surface area contributed by atoms with Crippen molar-refractivity contribution in [1.82, 2.24) is 4.90 Å². The summed E-state index contributed by atoms with van der Waals surface area (Å²) < 4.78 is 12.7. The third-order valence-corrected chi connectivity index (χ3v) is 3.55. The van der Waals surface area contributed by atoms with Crippen LogP contribution >= 0.6 is 0 Å². The van der Waals surface area contributed by atoms with Crippen molar-refractivity contribution in [3.8, 4) is 0 Å². The second kappa shape index (κ2) is 7.02. The Hall–Kier alpha value is -2.44. The number of carbonyl (C=O) groups excluding carboxylic acids is 2. The molecule has 2 N–H and O–H groups in total. The number of hydrogen-bond donors (Lipinski definition) is 2. The van der Waals surface area contributed by atoms with E-state index in [0.29, 0.717) is 25.1 Å². The molecule has 1 heterocycles. The number of halogens is 1. The first-order valence-electron chi connectivity index (χ1n) is 7.05. The minimum Gasteiger partial charge on any atom is -0.480 e. The molecule has 0 aromatic heterocycles. The smallest absolute Gasteiger partial charge is 0.326 e. The maximum atomic E-state index is 12.7. The Bertz CT molecular complexity index is 573. The van der Waals surface area contributed by atoms with Gasteiger partial charge in [-0.1, -0.05) is 0 Å². The third kappa shape index (κ3) is 4.03. The topological polar surface area (TPSA) is 86.7 Å². The normalized spacial score (nSPS) is 17.3. The molecule has 6 nitrogen and oxygen atoms in total. The average Bonchev–Trinajstić information content (AvgIpc) is 2.97. The van der Waals surface area contributed by atoms with Crippen LogP contribution in [0.15, 0.2) is 24.3 Å². The molecule has 1 atom stereocenters. The minimum atomic E-state index is -1.01. The van der Waals surface area contributed by atoms with E-state index >= 15 is 0 Å². The first kappa shape index (κ1) is 15.9. The summed E-state index contributed by atoms with van der Waals surface area (Å²) in [5.74, 6) is -2.12. The highest BCUT2D eigenvalue weighted by Gasteiger charge is 2.33. The van der Waals surface area contributed by atoms with Crippen LogP contribution in [0.25, 0.3) is 0 Å². The van der Waals surface area contributed by atoms with Crippen molar-refractivity contribution < 1.29 is 23.9 Å². The van der Waals surface area contributed by atoms with E-state index in [9.17, 15) is 18.8 Å². The van der Waals surface area contributed by atoms with Gasteiger partial charge in [-0.25, -0.2) is 9.18 Å². The van der Waals surface area contributed by atoms with E-state index in [-0.39, 0.29) is 24.7 Å². The zero-order chi connectivity index (χ0) is 16.1. The second-order valence-electron chi connectivity index (χ2n) is 5.14. The van der Waals surface area contributed by atoms with Gasteiger partial charge in [0.25, 0.3) is 0 Å². The molecule has 1 fully saturated rings. The summed E-state index contributed by atoms with van der Waals surface area (Å²) in [6.45, 7) is 0.412. The Morgan fingerprint density at radius 1 is 1.23 bits per heavy atom. The van der Waals surface area contributed by atoms with Gasteiger partial charge in [-0.15, -0.1) is 0 Å². The summed E-state index contributed by atoms with van der Waals surface area (Å²) in [6, 6.07) is 4.52. The van der Waals surface area contributed by atoms with Crippen molar-refractivity contribution in [3.05, 3.63) is 30.1 Å². The Labute approximate surface area is 126 Å². The molecule has 22 heavy (non-hydrogen) atoms. The van der Waals surface area contributed by atoms with Crippen LogP contribution in [0.4, 0.5) is 10.1 Å². The van der Waals surface area contributed by atoms with Gasteiger partial charge in [0.2, 0.25) is 11.8 Å². The maximum absolute atomic E-state index is 12.7. The monoisotopic (exact) mass is 308 g/mol. The molecule has 1 aromatic rings. The first-order valence-corrected chi connectivity index (χ1v) is 7.05. The molecule has 0 radical (unpaired) electrons. The lowest BCUT2D eigenvalue weighted by Gasteiger charge is -2.21. The predicted molar refractivity (Wildman–Crippen MR) is 76.6 cm³/mol. The molecule has 1 aliphatic heterocycles. The lowest BCUT2D eigenvalue weighted by atomic mass is 10.2. The number of carbonyl (C=O) groups is 3. The summed E-state index contributed by atoms with van der Waals surface area (Å²) in [5.41, 5.74) is 0.448. The molecule has 1 unspecified atom stereocenters. The van der Waals surface area contributed by atoms with Crippen molar-refractivity contribution in [2.75, 3.05) is 11.9 Å². The molecule has 7 heteroatoms. The van der Waals surface area contributed by atoms with Crippen LogP contribution in [-0.4, -0.2) is 40.4 Å². The van der Waals surface area contributed by atoms with Crippen LogP contribution in [0.2, 0.25) is 0 Å². The highest BCUT2D eigenvalue weighted by atomic mass is 19.1. The minimum absolute atomic E-state index is 0.0426. The van der Waals surface area contributed by atoms with E-state index in [4.69, 9.17) is 5.11 Å². The lowest BCUT2D eigenvalue weighted by molar-refractivity contribution is -0.148. The molecular weight excluding hydrogens is 291 g/mol. The number of carboxylic acid groups (broad SMARTS) is 1. The van der Waals surface area contributed by atoms with Gasteiger partial charge >= 0.3 is 5.97 Å². The number of hydrogen-bond acceptors (Lipinski definition) is 3. The Morgan fingerprint density at radius 2 is 1.91 bits per heavy atom. The zero-order valence-corrected chi connectivity index (χ0v) is 11.9. The molecule has 1 saturated heterocycles. The summed E-state index contributed by atoms with van der Waals surface area (Å²) in [7, 11) is 0. The van der Waals surface area contributed by atoms with Crippen molar-refractivity contribution >= 4 is 23.5 Å². The van der Waals surface area contributed by atoms with Gasteiger partial charge in [-0.3, -0.25) is 9.59 Å². The van der Waals surface area contributed by atoms with Crippen LogP contribution in [0.5, 0.6) is 0 Å². The van der Waals surface area contributed by atoms with Crippen molar-refractivity contribution in [2.24, 2.45) is 0 Å². The van der Waals surface area contributed by atoms with Gasteiger partial charge in [0.1, 0.15) is 11.9 Å². The van der Waals surface area contributed by atoms with Crippen molar-refractivity contribution in [1.29, 1.82) is 0 Å². The largest absolute Gasteiger partial charge is 0.480 e. The number of nitrogens with zero attached hydrogens (tertiary/aromatic N) is 1. The summed E-state index contributed by atoms with van der Waals surface area (Å²) >= 11 is 0. The molecule has 0 saturated carbocycles. The number of amides is 2. The Balaban J connectivity index is 1.81. The van der Waals surface area contributed by atoms with Crippen LogP contribution < -0.4 is 5.32 Å². The Morgan fingerprint density at radius 3 is 2.55 bits per heavy atom. The molecule has 1 aromatic carbocycles. The lowest BCUT2D eigenvalue weighted by Crippen LogP contribution is -2.40. The molecular formula is C15H17FN2O4. The maximum Gasteiger partial charge on any atom is 0.326 e. The van der Waals surface area contributed by atoms with Crippen LogP contribution in [0, 0.1) is 5.82 Å². The first-order chi connectivity index (χ1) is 10.5. The number of rotatable bonds is 5. The molecule has 118 valence electrons. The van der Waals surface area contributed by atoms with Crippen LogP contribution in [0.3, 0.4) is 0 Å². The summed E-state index contributed by atoms with van der Waals surface area (Å²) in [5, 5.41) is 11.6. The molecule has 0 bridgehead atoms. The van der Waals surface area contributed by atoms with E-state index < -0.39 is 17.8 Å². The summed E-state index contributed by atoms with van der Waals surface area (Å²) in [4.78, 5) is 36.1. The molecule has 0 spiro atoms. The molecule has 0 aliphatic carbocycles. The number of nitrogens with one attached hydrogen (secondary N) is 1. The number of anilines is 1. The fraction of sp³-hybridized carbons (Fsp3) is 0.400. The highest BCUT2D eigenvalue weighted by molar-refractivity contribution is 5.93. The standard InChI is InChI=1S/C15H17FN2O4/c16-10-3-5-11(6-4-10)17-13(19)7-8-14(20)18-9-1-2-12(18)15(21)22/h3-6,12H,1-2,7-9H2,(H,17,19)(H,21,22). The zero-order valence-electron chi connectivity index (χ0n) is 11.9. The summed E-state index contributed by atoms with van der Waals surface area (Å²) in [6.07, 6.45) is 1.02. The second-order valence-corrected chi connectivity index (χ2v) is 5.14. The van der Waals surface area contributed by atoms with E-state index in [1.165, 1.54) is 29.2 Å². The van der Waals surface area contributed by atoms with E-state index in [1.54, 1.807) is 0 Å². The van der Waals surface area contributed by atoms with Gasteiger partial charge < -0.3 is 15.3 Å². The van der Waals surface area contributed by atoms with Crippen LogP contribution in [-0.2, 0) is 14.4 Å². The molecule has 2 rings (SSSR count). The quantitative estimate of drug-likeness (QED) is 0.865. The number of likely N-dealkylation sites (tertiary alicyclic amines) is 1. The third-order valence-electron chi connectivity index (χ3n) is 3.55. The van der Waals surface area contributed by atoms with Crippen LogP contribution in [0.1, 0.15) is 25.7 Å².